The second-order valence-electron chi connectivity index (χ2n) is 2.33. The highest BCUT2D eigenvalue weighted by Gasteiger charge is 2.00. The van der Waals surface area contributed by atoms with Gasteiger partial charge in [0.15, 0.2) is 0 Å². The lowest BCUT2D eigenvalue weighted by Crippen LogP contribution is -2.16. The molecular formula is C8H8ClNO2. The number of primary amides is 1. The van der Waals surface area contributed by atoms with Gasteiger partial charge in [0.1, 0.15) is 5.75 Å². The molecule has 0 heterocycles. The van der Waals surface area contributed by atoms with Gasteiger partial charge in [-0.3, -0.25) is 0 Å². The van der Waals surface area contributed by atoms with Crippen molar-refractivity contribution in [1.29, 1.82) is 0 Å². The maximum absolute atomic E-state index is 10.3. The fraction of sp³-hybridized carbons (Fsp3) is 0.125. The molecule has 0 radical (unpaired) electrons. The third-order valence-corrected chi connectivity index (χ3v) is 1.77. The number of aryl methyl sites for hydroxylation is 1. The first-order valence-corrected chi connectivity index (χ1v) is 3.71. The Morgan fingerprint density at radius 1 is 1.58 bits per heavy atom. The molecule has 12 heavy (non-hydrogen) atoms. The summed E-state index contributed by atoms with van der Waals surface area (Å²) in [6.45, 7) is 1.86. The van der Waals surface area contributed by atoms with Crippen LogP contribution in [0.15, 0.2) is 18.2 Å². The number of hydrogen-bond donors (Lipinski definition) is 1. The highest BCUT2D eigenvalue weighted by molar-refractivity contribution is 6.31. The van der Waals surface area contributed by atoms with Crippen molar-refractivity contribution in [2.24, 2.45) is 5.73 Å². The van der Waals surface area contributed by atoms with E-state index in [-0.39, 0.29) is 0 Å². The zero-order valence-electron chi connectivity index (χ0n) is 6.50. The molecule has 0 aliphatic heterocycles. The normalized spacial score (nSPS) is 9.50. The molecule has 0 aromatic heterocycles. The minimum absolute atomic E-state index is 0.359. The van der Waals surface area contributed by atoms with Crippen LogP contribution in [0.5, 0.6) is 5.75 Å². The number of amides is 1. The smallest absolute Gasteiger partial charge is 0.409 e. The van der Waals surface area contributed by atoms with Gasteiger partial charge >= 0.3 is 6.09 Å². The van der Waals surface area contributed by atoms with Crippen LogP contribution in [0.4, 0.5) is 4.79 Å². The van der Waals surface area contributed by atoms with E-state index in [2.05, 4.69) is 4.74 Å². The van der Waals surface area contributed by atoms with Gasteiger partial charge in [0.2, 0.25) is 0 Å². The lowest BCUT2D eigenvalue weighted by molar-refractivity contribution is 0.211. The maximum Gasteiger partial charge on any atom is 0.409 e. The first-order chi connectivity index (χ1) is 5.59. The average Bonchev–Trinajstić information content (AvgIpc) is 1.96. The predicted molar refractivity (Wildman–Crippen MR) is 46.4 cm³/mol. The third kappa shape index (κ3) is 2.13. The first kappa shape index (κ1) is 8.87. The largest absolute Gasteiger partial charge is 0.410 e. The molecule has 0 saturated heterocycles. The lowest BCUT2D eigenvalue weighted by Gasteiger charge is -2.02. The summed E-state index contributed by atoms with van der Waals surface area (Å²) in [6, 6.07) is 4.92. The van der Waals surface area contributed by atoms with Gasteiger partial charge in [-0.1, -0.05) is 17.7 Å². The number of nitrogens with two attached hydrogens (primary N) is 1. The number of benzene rings is 1. The molecule has 0 atom stereocenters. The van der Waals surface area contributed by atoms with E-state index in [1.807, 2.05) is 6.92 Å². The van der Waals surface area contributed by atoms with E-state index in [1.54, 1.807) is 18.2 Å². The predicted octanol–water partition coefficient (Wildman–Crippen LogP) is 2.11. The van der Waals surface area contributed by atoms with E-state index < -0.39 is 6.09 Å². The van der Waals surface area contributed by atoms with Crippen LogP contribution in [0, 0.1) is 6.92 Å². The summed E-state index contributed by atoms with van der Waals surface area (Å²) in [5, 5.41) is 0.550. The summed E-state index contributed by atoms with van der Waals surface area (Å²) in [6.07, 6.45) is -0.838. The molecule has 1 aromatic rings. The van der Waals surface area contributed by atoms with Crippen LogP contribution in [0.3, 0.4) is 0 Å². The van der Waals surface area contributed by atoms with Crippen LogP contribution in [-0.4, -0.2) is 6.09 Å². The lowest BCUT2D eigenvalue weighted by atomic mass is 10.2. The van der Waals surface area contributed by atoms with Crippen molar-refractivity contribution >= 4 is 17.7 Å². The Labute approximate surface area is 75.1 Å². The van der Waals surface area contributed by atoms with Crippen molar-refractivity contribution in [3.05, 3.63) is 28.8 Å². The molecule has 1 aromatic carbocycles. The van der Waals surface area contributed by atoms with Crippen LogP contribution < -0.4 is 10.5 Å². The molecule has 0 aliphatic rings. The molecule has 0 unspecified atom stereocenters. The van der Waals surface area contributed by atoms with Gasteiger partial charge in [0, 0.05) is 5.02 Å². The van der Waals surface area contributed by atoms with Crippen molar-refractivity contribution in [2.45, 2.75) is 6.92 Å². The highest BCUT2D eigenvalue weighted by Crippen LogP contribution is 2.21. The number of carbonyl (C=O) groups excluding carboxylic acids is 1. The Bertz CT molecular complexity index is 312. The van der Waals surface area contributed by atoms with Crippen LogP contribution in [0.1, 0.15) is 5.56 Å². The van der Waals surface area contributed by atoms with Gasteiger partial charge in [0.05, 0.1) is 0 Å². The molecule has 1 rings (SSSR count). The molecule has 1 amide bonds. The zero-order chi connectivity index (χ0) is 9.14. The van der Waals surface area contributed by atoms with Crippen LogP contribution in [-0.2, 0) is 0 Å². The standard InChI is InChI=1S/C8H8ClNO2/c1-5-2-3-6(4-7(5)9)12-8(10)11/h2-4H,1H3,(H2,10,11). The minimum atomic E-state index is -0.838. The summed E-state index contributed by atoms with van der Waals surface area (Å²) in [5.41, 5.74) is 5.73. The number of rotatable bonds is 1. The average molecular weight is 186 g/mol. The van der Waals surface area contributed by atoms with Gasteiger partial charge in [-0.05, 0) is 24.6 Å². The summed E-state index contributed by atoms with van der Waals surface area (Å²) < 4.78 is 4.60. The highest BCUT2D eigenvalue weighted by atomic mass is 35.5. The van der Waals surface area contributed by atoms with Crippen molar-refractivity contribution < 1.29 is 9.53 Å². The van der Waals surface area contributed by atoms with E-state index >= 15 is 0 Å². The topological polar surface area (TPSA) is 52.3 Å². The summed E-state index contributed by atoms with van der Waals surface area (Å²) in [7, 11) is 0. The van der Waals surface area contributed by atoms with E-state index in [9.17, 15) is 4.79 Å². The maximum atomic E-state index is 10.3. The van der Waals surface area contributed by atoms with Gasteiger partial charge in [-0.15, -0.1) is 0 Å². The number of hydrogen-bond acceptors (Lipinski definition) is 2. The molecule has 64 valence electrons. The number of halogens is 1. The summed E-state index contributed by atoms with van der Waals surface area (Å²) >= 11 is 5.77. The zero-order valence-corrected chi connectivity index (χ0v) is 7.26. The fourth-order valence-corrected chi connectivity index (χ4v) is 0.924. The molecule has 2 N–H and O–H groups in total. The van der Waals surface area contributed by atoms with E-state index in [0.717, 1.165) is 5.56 Å². The van der Waals surface area contributed by atoms with Crippen molar-refractivity contribution in [2.75, 3.05) is 0 Å². The second kappa shape index (κ2) is 3.45. The fourth-order valence-electron chi connectivity index (χ4n) is 0.753. The molecule has 4 heteroatoms. The van der Waals surface area contributed by atoms with Gasteiger partial charge in [-0.2, -0.15) is 0 Å². The molecule has 0 fully saturated rings. The quantitative estimate of drug-likeness (QED) is 0.729. The Hall–Kier alpha value is -1.22. The summed E-state index contributed by atoms with van der Waals surface area (Å²) in [4.78, 5) is 10.3. The first-order valence-electron chi connectivity index (χ1n) is 3.33. The molecule has 3 nitrogen and oxygen atoms in total. The van der Waals surface area contributed by atoms with Crippen LogP contribution in [0.25, 0.3) is 0 Å². The van der Waals surface area contributed by atoms with Gasteiger partial charge in [-0.25, -0.2) is 4.79 Å². The SMILES string of the molecule is Cc1ccc(OC(N)=O)cc1Cl. The Kier molecular flexibility index (Phi) is 2.55. The molecule has 0 spiro atoms. The number of ether oxygens (including phenoxy) is 1. The number of carbonyl (C=O) groups is 1. The van der Waals surface area contributed by atoms with Crippen molar-refractivity contribution in [1.82, 2.24) is 0 Å². The third-order valence-electron chi connectivity index (χ3n) is 1.36. The summed E-state index contributed by atoms with van der Waals surface area (Å²) in [5.74, 6) is 0.359. The van der Waals surface area contributed by atoms with Crippen molar-refractivity contribution in [3.8, 4) is 5.75 Å². The van der Waals surface area contributed by atoms with Gasteiger partial charge in [0.25, 0.3) is 0 Å². The molecule has 0 saturated carbocycles. The molecule has 0 aliphatic carbocycles. The van der Waals surface area contributed by atoms with E-state index in [1.165, 1.54) is 0 Å². The second-order valence-corrected chi connectivity index (χ2v) is 2.74. The van der Waals surface area contributed by atoms with Crippen molar-refractivity contribution in [3.63, 3.8) is 0 Å². The van der Waals surface area contributed by atoms with E-state index in [0.29, 0.717) is 10.8 Å². The minimum Gasteiger partial charge on any atom is -0.410 e. The Morgan fingerprint density at radius 2 is 2.25 bits per heavy atom. The Balaban J connectivity index is 2.89. The molecule has 0 bridgehead atoms. The Morgan fingerprint density at radius 3 is 2.75 bits per heavy atom. The van der Waals surface area contributed by atoms with Crippen LogP contribution >= 0.6 is 11.6 Å². The van der Waals surface area contributed by atoms with Crippen LogP contribution in [0.2, 0.25) is 5.02 Å². The van der Waals surface area contributed by atoms with E-state index in [4.69, 9.17) is 17.3 Å². The van der Waals surface area contributed by atoms with Gasteiger partial charge < -0.3 is 10.5 Å². The molecular weight excluding hydrogens is 178 g/mol. The monoisotopic (exact) mass is 185 g/mol.